The Balaban J connectivity index is 1.58. The van der Waals surface area contributed by atoms with E-state index < -0.39 is 0 Å². The van der Waals surface area contributed by atoms with E-state index in [1.165, 1.54) is 6.08 Å². The van der Waals surface area contributed by atoms with E-state index >= 15 is 0 Å². The molecular weight excluding hydrogens is 342 g/mol. The van der Waals surface area contributed by atoms with Crippen LogP contribution in [0.2, 0.25) is 0 Å². The van der Waals surface area contributed by atoms with Crippen molar-refractivity contribution < 1.29 is 14.3 Å². The molecule has 1 amide bonds. The summed E-state index contributed by atoms with van der Waals surface area (Å²) < 4.78 is 12.6. The molecule has 6 heteroatoms. The van der Waals surface area contributed by atoms with Gasteiger partial charge < -0.3 is 19.4 Å². The number of aryl methyl sites for hydroxylation is 1. The van der Waals surface area contributed by atoms with E-state index in [2.05, 4.69) is 14.9 Å². The maximum Gasteiger partial charge on any atom is 0.244 e. The van der Waals surface area contributed by atoms with E-state index in [-0.39, 0.29) is 5.91 Å². The Morgan fingerprint density at radius 3 is 2.70 bits per heavy atom. The van der Waals surface area contributed by atoms with Crippen LogP contribution in [-0.4, -0.2) is 36.2 Å². The third kappa shape index (κ3) is 4.28. The first-order valence-electron chi connectivity index (χ1n) is 8.72. The van der Waals surface area contributed by atoms with Crippen LogP contribution in [0.1, 0.15) is 11.4 Å². The van der Waals surface area contributed by atoms with Gasteiger partial charge in [0, 0.05) is 19.2 Å². The molecule has 1 heterocycles. The molecule has 0 saturated carbocycles. The highest BCUT2D eigenvalue weighted by atomic mass is 16.5. The fourth-order valence-corrected chi connectivity index (χ4v) is 2.96. The SMILES string of the molecule is COc1ccc(C=CC(=O)NCCn2c(C)nc3ccccc32)cc1OC. The van der Waals surface area contributed by atoms with Crippen LogP contribution < -0.4 is 14.8 Å². The summed E-state index contributed by atoms with van der Waals surface area (Å²) in [5.41, 5.74) is 2.90. The molecule has 0 aliphatic carbocycles. The van der Waals surface area contributed by atoms with Gasteiger partial charge in [-0.2, -0.15) is 0 Å². The molecule has 0 bridgehead atoms. The number of rotatable bonds is 7. The van der Waals surface area contributed by atoms with Crippen molar-refractivity contribution in [3.63, 3.8) is 0 Å². The lowest BCUT2D eigenvalue weighted by Gasteiger charge is -2.08. The van der Waals surface area contributed by atoms with Crippen LogP contribution in [-0.2, 0) is 11.3 Å². The molecule has 0 atom stereocenters. The monoisotopic (exact) mass is 365 g/mol. The van der Waals surface area contributed by atoms with Crippen LogP contribution in [0.3, 0.4) is 0 Å². The van der Waals surface area contributed by atoms with Crippen molar-refractivity contribution in [3.05, 3.63) is 59.9 Å². The predicted molar refractivity (Wildman–Crippen MR) is 106 cm³/mol. The van der Waals surface area contributed by atoms with Crippen LogP contribution in [0.15, 0.2) is 48.5 Å². The fourth-order valence-electron chi connectivity index (χ4n) is 2.96. The number of aromatic nitrogens is 2. The first-order chi connectivity index (χ1) is 13.1. The molecule has 3 aromatic rings. The Kier molecular flexibility index (Phi) is 5.76. The van der Waals surface area contributed by atoms with Gasteiger partial charge in [0.05, 0.1) is 25.3 Å². The van der Waals surface area contributed by atoms with Gasteiger partial charge in [0.25, 0.3) is 0 Å². The average Bonchev–Trinajstić information content (AvgIpc) is 3.01. The van der Waals surface area contributed by atoms with Gasteiger partial charge in [0.15, 0.2) is 11.5 Å². The van der Waals surface area contributed by atoms with Crippen molar-refractivity contribution in [1.82, 2.24) is 14.9 Å². The lowest BCUT2D eigenvalue weighted by molar-refractivity contribution is -0.116. The van der Waals surface area contributed by atoms with Gasteiger partial charge in [0.1, 0.15) is 5.82 Å². The smallest absolute Gasteiger partial charge is 0.244 e. The minimum absolute atomic E-state index is 0.146. The zero-order chi connectivity index (χ0) is 19.2. The Labute approximate surface area is 158 Å². The number of carbonyl (C=O) groups excluding carboxylic acids is 1. The molecule has 0 unspecified atom stereocenters. The van der Waals surface area contributed by atoms with Gasteiger partial charge in [-0.05, 0) is 42.8 Å². The molecule has 0 fully saturated rings. The second-order valence-corrected chi connectivity index (χ2v) is 6.04. The number of para-hydroxylation sites is 2. The minimum Gasteiger partial charge on any atom is -0.493 e. The average molecular weight is 365 g/mol. The van der Waals surface area contributed by atoms with Crippen molar-refractivity contribution in [3.8, 4) is 11.5 Å². The summed E-state index contributed by atoms with van der Waals surface area (Å²) in [7, 11) is 3.17. The minimum atomic E-state index is -0.146. The van der Waals surface area contributed by atoms with Crippen LogP contribution in [0.4, 0.5) is 0 Å². The van der Waals surface area contributed by atoms with Crippen LogP contribution in [0.5, 0.6) is 11.5 Å². The van der Waals surface area contributed by atoms with E-state index in [1.54, 1.807) is 20.3 Å². The van der Waals surface area contributed by atoms with Crippen LogP contribution in [0.25, 0.3) is 17.1 Å². The van der Waals surface area contributed by atoms with E-state index in [4.69, 9.17) is 9.47 Å². The third-order valence-electron chi connectivity index (χ3n) is 4.31. The largest absolute Gasteiger partial charge is 0.493 e. The first kappa shape index (κ1) is 18.5. The molecule has 0 radical (unpaired) electrons. The summed E-state index contributed by atoms with van der Waals surface area (Å²) in [5, 5.41) is 2.90. The number of imidazole rings is 1. The highest BCUT2D eigenvalue weighted by molar-refractivity contribution is 5.91. The standard InChI is InChI=1S/C21H23N3O3/c1-15-23-17-6-4-5-7-18(17)24(15)13-12-22-21(25)11-9-16-8-10-19(26-2)20(14-16)27-3/h4-11,14H,12-13H2,1-3H3,(H,22,25). The topological polar surface area (TPSA) is 65.4 Å². The molecule has 3 rings (SSSR count). The molecule has 1 N–H and O–H groups in total. The first-order valence-corrected chi connectivity index (χ1v) is 8.72. The lowest BCUT2D eigenvalue weighted by atomic mass is 10.2. The second kappa shape index (κ2) is 8.40. The van der Waals surface area contributed by atoms with Crippen LogP contribution in [0, 0.1) is 6.92 Å². The van der Waals surface area contributed by atoms with Gasteiger partial charge in [-0.15, -0.1) is 0 Å². The van der Waals surface area contributed by atoms with Gasteiger partial charge in [-0.1, -0.05) is 18.2 Å². The van der Waals surface area contributed by atoms with Crippen molar-refractivity contribution in [2.75, 3.05) is 20.8 Å². The number of carbonyl (C=O) groups is 1. The molecule has 0 saturated heterocycles. The van der Waals surface area contributed by atoms with Gasteiger partial charge >= 0.3 is 0 Å². The van der Waals surface area contributed by atoms with Crippen LogP contribution >= 0.6 is 0 Å². The van der Waals surface area contributed by atoms with E-state index in [1.807, 2.05) is 49.4 Å². The highest BCUT2D eigenvalue weighted by Gasteiger charge is 2.07. The summed E-state index contributed by atoms with van der Waals surface area (Å²) in [5.74, 6) is 2.07. The van der Waals surface area contributed by atoms with Crippen molar-refractivity contribution in [2.45, 2.75) is 13.5 Å². The number of fused-ring (bicyclic) bond motifs is 1. The number of methoxy groups -OCH3 is 2. The van der Waals surface area contributed by atoms with Crippen molar-refractivity contribution in [2.24, 2.45) is 0 Å². The number of benzene rings is 2. The maximum atomic E-state index is 12.1. The molecule has 0 aliphatic heterocycles. The van der Waals surface area contributed by atoms with E-state index in [0.29, 0.717) is 24.6 Å². The summed E-state index contributed by atoms with van der Waals surface area (Å²) in [6.45, 7) is 3.16. The molecule has 1 aromatic heterocycles. The number of hydrogen-bond acceptors (Lipinski definition) is 4. The normalized spacial score (nSPS) is 11.1. The quantitative estimate of drug-likeness (QED) is 0.653. The molecular formula is C21H23N3O3. The molecule has 140 valence electrons. The maximum absolute atomic E-state index is 12.1. The van der Waals surface area contributed by atoms with Gasteiger partial charge in [0.2, 0.25) is 5.91 Å². The fraction of sp³-hybridized carbons (Fsp3) is 0.238. The van der Waals surface area contributed by atoms with Crippen molar-refractivity contribution in [1.29, 1.82) is 0 Å². The zero-order valence-corrected chi connectivity index (χ0v) is 15.7. The number of nitrogens with one attached hydrogen (secondary N) is 1. The molecule has 2 aromatic carbocycles. The zero-order valence-electron chi connectivity index (χ0n) is 15.7. The highest BCUT2D eigenvalue weighted by Crippen LogP contribution is 2.27. The predicted octanol–water partition coefficient (Wildman–Crippen LogP) is 3.19. The summed E-state index contributed by atoms with van der Waals surface area (Å²) >= 11 is 0. The number of ether oxygens (including phenoxy) is 2. The molecule has 0 aliphatic rings. The second-order valence-electron chi connectivity index (χ2n) is 6.04. The number of nitrogens with zero attached hydrogens (tertiary/aromatic N) is 2. The number of hydrogen-bond donors (Lipinski definition) is 1. The Hall–Kier alpha value is -3.28. The summed E-state index contributed by atoms with van der Waals surface area (Å²) in [6.07, 6.45) is 3.26. The lowest BCUT2D eigenvalue weighted by Crippen LogP contribution is -2.25. The Morgan fingerprint density at radius 2 is 1.93 bits per heavy atom. The molecule has 27 heavy (non-hydrogen) atoms. The Bertz CT molecular complexity index is 976. The third-order valence-corrected chi connectivity index (χ3v) is 4.31. The summed E-state index contributed by atoms with van der Waals surface area (Å²) in [4.78, 5) is 16.6. The van der Waals surface area contributed by atoms with Gasteiger partial charge in [-0.25, -0.2) is 4.98 Å². The Morgan fingerprint density at radius 1 is 1.15 bits per heavy atom. The number of amides is 1. The van der Waals surface area contributed by atoms with Crippen molar-refractivity contribution >= 4 is 23.0 Å². The van der Waals surface area contributed by atoms with Gasteiger partial charge in [-0.3, -0.25) is 4.79 Å². The summed E-state index contributed by atoms with van der Waals surface area (Å²) in [6, 6.07) is 13.5. The molecule has 0 spiro atoms. The van der Waals surface area contributed by atoms with E-state index in [9.17, 15) is 4.79 Å². The molecule has 6 nitrogen and oxygen atoms in total. The van der Waals surface area contributed by atoms with E-state index in [0.717, 1.165) is 22.4 Å².